The number of hydrogen-bond acceptors (Lipinski definition) is 5. The van der Waals surface area contributed by atoms with Crippen molar-refractivity contribution in [3.05, 3.63) is 35.7 Å². The molecule has 21 heavy (non-hydrogen) atoms. The predicted molar refractivity (Wildman–Crippen MR) is 86.6 cm³/mol. The van der Waals surface area contributed by atoms with Crippen molar-refractivity contribution >= 4 is 17.3 Å². The minimum absolute atomic E-state index is 0.794. The zero-order chi connectivity index (χ0) is 15.2. The summed E-state index contributed by atoms with van der Waals surface area (Å²) in [4.78, 5) is 8.99. The van der Waals surface area contributed by atoms with Gasteiger partial charge in [0.15, 0.2) is 0 Å². The molecule has 0 saturated heterocycles. The van der Waals surface area contributed by atoms with E-state index in [1.54, 1.807) is 7.11 Å². The van der Waals surface area contributed by atoms with Crippen LogP contribution in [0.4, 0.5) is 17.3 Å². The first kappa shape index (κ1) is 15.1. The minimum atomic E-state index is 0.794. The first-order valence-corrected chi connectivity index (χ1v) is 7.13. The predicted octanol–water partition coefficient (Wildman–Crippen LogP) is 3.53. The third-order valence-electron chi connectivity index (χ3n) is 3.17. The number of rotatable bonds is 6. The van der Waals surface area contributed by atoms with Crippen molar-refractivity contribution in [1.29, 1.82) is 0 Å². The summed E-state index contributed by atoms with van der Waals surface area (Å²) in [5, 5.41) is 6.39. The van der Waals surface area contributed by atoms with Gasteiger partial charge in [0.05, 0.1) is 7.11 Å². The molecule has 1 heterocycles. The Morgan fingerprint density at radius 2 is 1.90 bits per heavy atom. The number of nitrogens with one attached hydrogen (secondary N) is 2. The zero-order valence-corrected chi connectivity index (χ0v) is 13.0. The van der Waals surface area contributed by atoms with Crippen molar-refractivity contribution < 1.29 is 4.74 Å². The van der Waals surface area contributed by atoms with Crippen LogP contribution in [0, 0.1) is 6.92 Å². The molecule has 2 rings (SSSR count). The third kappa shape index (κ3) is 3.84. The van der Waals surface area contributed by atoms with Gasteiger partial charge in [-0.2, -0.15) is 0 Å². The summed E-state index contributed by atoms with van der Waals surface area (Å²) < 4.78 is 5.27. The van der Waals surface area contributed by atoms with Gasteiger partial charge in [-0.3, -0.25) is 0 Å². The fraction of sp³-hybridized carbons (Fsp3) is 0.375. The Morgan fingerprint density at radius 3 is 2.52 bits per heavy atom. The number of aromatic nitrogens is 2. The lowest BCUT2D eigenvalue weighted by molar-refractivity contribution is 0.412. The number of ether oxygens (including phenoxy) is 1. The molecule has 0 fully saturated rings. The summed E-state index contributed by atoms with van der Waals surface area (Å²) in [5.74, 6) is 3.34. The summed E-state index contributed by atoms with van der Waals surface area (Å²) >= 11 is 0. The summed E-state index contributed by atoms with van der Waals surface area (Å²) in [6, 6.07) is 7.87. The summed E-state index contributed by atoms with van der Waals surface area (Å²) in [5.41, 5.74) is 2.07. The summed E-state index contributed by atoms with van der Waals surface area (Å²) in [6.45, 7) is 4.14. The van der Waals surface area contributed by atoms with E-state index < -0.39 is 0 Å². The molecular weight excluding hydrogens is 264 g/mol. The molecule has 2 aromatic rings. The van der Waals surface area contributed by atoms with Crippen LogP contribution in [-0.4, -0.2) is 24.1 Å². The molecule has 112 valence electrons. The van der Waals surface area contributed by atoms with Gasteiger partial charge in [-0.05, 0) is 37.1 Å². The second-order valence-corrected chi connectivity index (χ2v) is 4.86. The molecule has 0 unspecified atom stereocenters. The van der Waals surface area contributed by atoms with Crippen molar-refractivity contribution in [2.75, 3.05) is 24.8 Å². The van der Waals surface area contributed by atoms with E-state index in [0.29, 0.717) is 0 Å². The lowest BCUT2D eigenvalue weighted by atomic mass is 10.2. The van der Waals surface area contributed by atoms with Crippen molar-refractivity contribution in [2.45, 2.75) is 26.7 Å². The van der Waals surface area contributed by atoms with Gasteiger partial charge < -0.3 is 15.4 Å². The Balaban J connectivity index is 2.25. The number of hydrogen-bond donors (Lipinski definition) is 2. The van der Waals surface area contributed by atoms with Crippen molar-refractivity contribution in [3.8, 4) is 5.75 Å². The van der Waals surface area contributed by atoms with Crippen LogP contribution in [0.25, 0.3) is 0 Å². The molecule has 0 atom stereocenters. The molecule has 2 N–H and O–H groups in total. The van der Waals surface area contributed by atoms with Gasteiger partial charge >= 0.3 is 0 Å². The minimum Gasteiger partial charge on any atom is -0.496 e. The Bertz CT molecular complexity index is 613. The molecule has 0 aliphatic rings. The van der Waals surface area contributed by atoms with Crippen LogP contribution in [0.2, 0.25) is 0 Å². The Hall–Kier alpha value is -2.30. The fourth-order valence-electron chi connectivity index (χ4n) is 2.13. The average molecular weight is 286 g/mol. The molecule has 0 aliphatic heterocycles. The van der Waals surface area contributed by atoms with Gasteiger partial charge in [-0.15, -0.1) is 0 Å². The molecule has 0 radical (unpaired) electrons. The topological polar surface area (TPSA) is 59.1 Å². The molecule has 5 nitrogen and oxygen atoms in total. The van der Waals surface area contributed by atoms with E-state index in [4.69, 9.17) is 4.74 Å². The highest BCUT2D eigenvalue weighted by atomic mass is 16.5. The number of methoxy groups -OCH3 is 1. The maximum atomic E-state index is 5.27. The van der Waals surface area contributed by atoms with E-state index in [1.807, 2.05) is 38.2 Å². The lowest BCUT2D eigenvalue weighted by Crippen LogP contribution is -2.04. The van der Waals surface area contributed by atoms with Gasteiger partial charge in [0.2, 0.25) is 0 Å². The number of nitrogens with zero attached hydrogens (tertiary/aromatic N) is 2. The SMILES string of the molecule is CCCc1nc(NC)cc(Nc2ccc(OC)c(C)c2)n1. The molecule has 1 aromatic heterocycles. The van der Waals surface area contributed by atoms with Gasteiger partial charge in [0.1, 0.15) is 23.2 Å². The van der Waals surface area contributed by atoms with Crippen LogP contribution >= 0.6 is 0 Å². The summed E-state index contributed by atoms with van der Waals surface area (Å²) in [7, 11) is 3.54. The lowest BCUT2D eigenvalue weighted by Gasteiger charge is -2.11. The first-order valence-electron chi connectivity index (χ1n) is 7.13. The molecule has 1 aromatic carbocycles. The number of benzene rings is 1. The maximum absolute atomic E-state index is 5.27. The van der Waals surface area contributed by atoms with Crippen LogP contribution in [0.5, 0.6) is 5.75 Å². The molecular formula is C16H22N4O. The molecule has 0 bridgehead atoms. The van der Waals surface area contributed by atoms with Crippen molar-refractivity contribution in [3.63, 3.8) is 0 Å². The van der Waals surface area contributed by atoms with Gasteiger partial charge in [-0.1, -0.05) is 6.92 Å². The zero-order valence-electron chi connectivity index (χ0n) is 13.0. The second kappa shape index (κ2) is 6.92. The van der Waals surface area contributed by atoms with Gasteiger partial charge in [0.25, 0.3) is 0 Å². The fourth-order valence-corrected chi connectivity index (χ4v) is 2.13. The first-order chi connectivity index (χ1) is 10.2. The van der Waals surface area contributed by atoms with Crippen molar-refractivity contribution in [1.82, 2.24) is 9.97 Å². The largest absolute Gasteiger partial charge is 0.496 e. The standard InChI is InChI=1S/C16H22N4O/c1-5-6-14-19-15(17-3)10-16(20-14)18-12-7-8-13(21-4)11(2)9-12/h7-10H,5-6H2,1-4H3,(H2,17,18,19,20). The summed E-state index contributed by atoms with van der Waals surface area (Å²) in [6.07, 6.45) is 1.89. The van der Waals surface area contributed by atoms with Crippen LogP contribution in [0.15, 0.2) is 24.3 Å². The normalized spacial score (nSPS) is 10.3. The number of anilines is 3. The molecule has 0 amide bonds. The molecule has 0 spiro atoms. The van der Waals surface area contributed by atoms with Crippen LogP contribution in [-0.2, 0) is 6.42 Å². The van der Waals surface area contributed by atoms with Gasteiger partial charge in [0, 0.05) is 25.2 Å². The molecule has 5 heteroatoms. The monoisotopic (exact) mass is 286 g/mol. The smallest absolute Gasteiger partial charge is 0.136 e. The highest BCUT2D eigenvalue weighted by Gasteiger charge is 2.05. The Morgan fingerprint density at radius 1 is 1.14 bits per heavy atom. The third-order valence-corrected chi connectivity index (χ3v) is 3.17. The number of aryl methyl sites for hydroxylation is 2. The van der Waals surface area contributed by atoms with Crippen LogP contribution in [0.3, 0.4) is 0 Å². The average Bonchev–Trinajstić information content (AvgIpc) is 2.47. The Kier molecular flexibility index (Phi) is 4.98. The van der Waals surface area contributed by atoms with Crippen molar-refractivity contribution in [2.24, 2.45) is 0 Å². The Labute approximate surface area is 125 Å². The molecule has 0 aliphatic carbocycles. The van der Waals surface area contributed by atoms with E-state index in [9.17, 15) is 0 Å². The van der Waals surface area contributed by atoms with E-state index in [0.717, 1.165) is 47.3 Å². The van der Waals surface area contributed by atoms with Crippen LogP contribution < -0.4 is 15.4 Å². The highest BCUT2D eigenvalue weighted by molar-refractivity contribution is 5.61. The molecule has 0 saturated carbocycles. The van der Waals surface area contributed by atoms with Crippen LogP contribution in [0.1, 0.15) is 24.7 Å². The van der Waals surface area contributed by atoms with E-state index in [2.05, 4.69) is 27.5 Å². The highest BCUT2D eigenvalue weighted by Crippen LogP contribution is 2.24. The van der Waals surface area contributed by atoms with E-state index >= 15 is 0 Å². The van der Waals surface area contributed by atoms with E-state index in [1.165, 1.54) is 0 Å². The second-order valence-electron chi connectivity index (χ2n) is 4.86. The maximum Gasteiger partial charge on any atom is 0.136 e. The van der Waals surface area contributed by atoms with Gasteiger partial charge in [-0.25, -0.2) is 9.97 Å². The quantitative estimate of drug-likeness (QED) is 0.850. The van der Waals surface area contributed by atoms with E-state index in [-0.39, 0.29) is 0 Å².